The average Bonchev–Trinajstić information content (AvgIpc) is 2.71. The van der Waals surface area contributed by atoms with Gasteiger partial charge in [0.1, 0.15) is 22.1 Å². The summed E-state index contributed by atoms with van der Waals surface area (Å²) in [5.41, 5.74) is 0.891. The molecular formula is C19H20N2O7S. The molecule has 0 atom stereocenters. The largest absolute Gasteiger partial charge is 0.497 e. The van der Waals surface area contributed by atoms with E-state index in [1.807, 2.05) is 0 Å². The predicted molar refractivity (Wildman–Crippen MR) is 103 cm³/mol. The molecule has 1 heterocycles. The highest BCUT2D eigenvalue weighted by molar-refractivity contribution is 7.89. The Bertz CT molecular complexity index is 1070. The molecule has 0 aliphatic carbocycles. The van der Waals surface area contributed by atoms with Crippen LogP contribution in [-0.2, 0) is 16.4 Å². The number of primary sulfonamides is 1. The summed E-state index contributed by atoms with van der Waals surface area (Å²) in [5, 5.41) is 5.23. The molecule has 0 saturated carbocycles. The van der Waals surface area contributed by atoms with E-state index in [1.165, 1.54) is 45.6 Å². The van der Waals surface area contributed by atoms with E-state index >= 15 is 0 Å². The number of ether oxygens (including phenoxy) is 3. The van der Waals surface area contributed by atoms with Gasteiger partial charge in [-0.25, -0.2) is 13.6 Å². The second kappa shape index (κ2) is 7.72. The fraction of sp³-hybridized carbons (Fsp3) is 0.263. The number of nitrogens with two attached hydrogens (primary N) is 1. The third-order valence-electron chi connectivity index (χ3n) is 4.62. The van der Waals surface area contributed by atoms with Gasteiger partial charge < -0.3 is 14.2 Å². The van der Waals surface area contributed by atoms with Crippen molar-refractivity contribution in [1.29, 1.82) is 0 Å². The summed E-state index contributed by atoms with van der Waals surface area (Å²) in [5.74, 6) is -0.310. The van der Waals surface area contributed by atoms with Crippen LogP contribution in [0.4, 0.5) is 0 Å². The van der Waals surface area contributed by atoms with Gasteiger partial charge in [-0.05, 0) is 36.2 Å². The Balaban J connectivity index is 2.01. The lowest BCUT2D eigenvalue weighted by molar-refractivity contribution is 0.0603. The zero-order chi connectivity index (χ0) is 21.3. The van der Waals surface area contributed by atoms with Crippen molar-refractivity contribution < 1.29 is 32.2 Å². The van der Waals surface area contributed by atoms with Crippen LogP contribution in [-0.4, -0.2) is 53.0 Å². The average molecular weight is 420 g/mol. The molecule has 0 bridgehead atoms. The number of methoxy groups -OCH3 is 3. The summed E-state index contributed by atoms with van der Waals surface area (Å²) < 4.78 is 39.0. The number of hydrogen-bond acceptors (Lipinski definition) is 7. The van der Waals surface area contributed by atoms with Crippen LogP contribution in [0.3, 0.4) is 0 Å². The molecule has 10 heteroatoms. The van der Waals surface area contributed by atoms with Crippen molar-refractivity contribution in [2.24, 2.45) is 5.14 Å². The van der Waals surface area contributed by atoms with Gasteiger partial charge in [-0.15, -0.1) is 0 Å². The van der Waals surface area contributed by atoms with E-state index in [4.69, 9.17) is 19.3 Å². The van der Waals surface area contributed by atoms with Crippen LogP contribution in [0, 0.1) is 0 Å². The lowest BCUT2D eigenvalue weighted by Crippen LogP contribution is -2.42. The van der Waals surface area contributed by atoms with E-state index in [0.29, 0.717) is 17.1 Å². The first kappa shape index (κ1) is 20.6. The van der Waals surface area contributed by atoms with Gasteiger partial charge in [-0.1, -0.05) is 0 Å². The molecule has 0 spiro atoms. The molecular weight excluding hydrogens is 400 g/mol. The summed E-state index contributed by atoms with van der Waals surface area (Å²) in [7, 11) is 0.162. The SMILES string of the molecule is COc1cc(OC)cc(C(=O)N2CCc3cc(S(N)(=O)=O)c(OC)cc3C2=O)c1. The van der Waals surface area contributed by atoms with Crippen LogP contribution in [0.25, 0.3) is 0 Å². The van der Waals surface area contributed by atoms with E-state index < -0.39 is 21.8 Å². The lowest BCUT2D eigenvalue weighted by atomic mass is 9.98. The topological polar surface area (TPSA) is 125 Å². The van der Waals surface area contributed by atoms with Crippen LogP contribution < -0.4 is 19.3 Å². The third-order valence-corrected chi connectivity index (χ3v) is 5.55. The lowest BCUT2D eigenvalue weighted by Gasteiger charge is -2.28. The van der Waals surface area contributed by atoms with Gasteiger partial charge in [0.2, 0.25) is 10.0 Å². The zero-order valence-electron chi connectivity index (χ0n) is 16.1. The maximum absolute atomic E-state index is 13.0. The second-order valence-electron chi connectivity index (χ2n) is 6.32. The predicted octanol–water partition coefficient (Wildman–Crippen LogP) is 1.20. The van der Waals surface area contributed by atoms with Gasteiger partial charge in [0.15, 0.2) is 0 Å². The molecule has 0 aromatic heterocycles. The number of carbonyl (C=O) groups is 2. The highest BCUT2D eigenvalue weighted by atomic mass is 32.2. The van der Waals surface area contributed by atoms with Crippen molar-refractivity contribution in [2.45, 2.75) is 11.3 Å². The standard InChI is InChI=1S/C19H20N2O7S/c1-26-13-6-12(7-14(9-13)27-2)18(22)21-5-4-11-8-17(29(20,24)25)16(28-3)10-15(11)19(21)23/h6-10H,4-5H2,1-3H3,(H2,20,24,25). The van der Waals surface area contributed by atoms with E-state index in [0.717, 1.165) is 4.90 Å². The maximum Gasteiger partial charge on any atom is 0.261 e. The first-order valence-corrected chi connectivity index (χ1v) is 10.1. The highest BCUT2D eigenvalue weighted by Crippen LogP contribution is 2.31. The summed E-state index contributed by atoms with van der Waals surface area (Å²) in [6.07, 6.45) is 0.278. The Labute approximate surface area is 168 Å². The number of sulfonamides is 1. The minimum atomic E-state index is -4.03. The van der Waals surface area contributed by atoms with Crippen molar-refractivity contribution in [3.8, 4) is 17.2 Å². The number of carbonyl (C=O) groups excluding carboxylic acids is 2. The Kier molecular flexibility index (Phi) is 5.49. The Morgan fingerprint density at radius 2 is 1.62 bits per heavy atom. The summed E-state index contributed by atoms with van der Waals surface area (Å²) in [6, 6.07) is 7.25. The number of nitrogens with zero attached hydrogens (tertiary/aromatic N) is 1. The van der Waals surface area contributed by atoms with Crippen LogP contribution in [0.15, 0.2) is 35.2 Å². The third kappa shape index (κ3) is 3.89. The van der Waals surface area contributed by atoms with Gasteiger partial charge in [0.25, 0.3) is 11.8 Å². The molecule has 2 amide bonds. The minimum absolute atomic E-state index is 0.0584. The van der Waals surface area contributed by atoms with Gasteiger partial charge in [0, 0.05) is 23.7 Å². The fourth-order valence-corrected chi connectivity index (χ4v) is 3.88. The Hall–Kier alpha value is -3.11. The van der Waals surface area contributed by atoms with E-state index in [2.05, 4.69) is 0 Å². The van der Waals surface area contributed by atoms with E-state index in [1.54, 1.807) is 6.07 Å². The number of amides is 2. The summed E-state index contributed by atoms with van der Waals surface area (Å²) in [4.78, 5) is 26.8. The van der Waals surface area contributed by atoms with Crippen molar-refractivity contribution in [1.82, 2.24) is 4.90 Å². The van der Waals surface area contributed by atoms with Gasteiger partial charge >= 0.3 is 0 Å². The molecule has 2 aromatic rings. The Morgan fingerprint density at radius 1 is 1.00 bits per heavy atom. The number of hydrogen-bond donors (Lipinski definition) is 1. The number of fused-ring (bicyclic) bond motifs is 1. The van der Waals surface area contributed by atoms with Gasteiger partial charge in [-0.3, -0.25) is 14.5 Å². The fourth-order valence-electron chi connectivity index (χ4n) is 3.15. The Morgan fingerprint density at radius 3 is 2.14 bits per heavy atom. The van der Waals surface area contributed by atoms with Crippen LogP contribution >= 0.6 is 0 Å². The second-order valence-corrected chi connectivity index (χ2v) is 7.85. The van der Waals surface area contributed by atoms with Crippen molar-refractivity contribution in [2.75, 3.05) is 27.9 Å². The molecule has 9 nitrogen and oxygen atoms in total. The van der Waals surface area contributed by atoms with Crippen LogP contribution in [0.1, 0.15) is 26.3 Å². The molecule has 0 unspecified atom stereocenters. The molecule has 154 valence electrons. The van der Waals surface area contributed by atoms with Gasteiger partial charge in [0.05, 0.1) is 21.3 Å². The molecule has 1 aliphatic heterocycles. The number of imide groups is 1. The number of benzene rings is 2. The van der Waals surface area contributed by atoms with E-state index in [9.17, 15) is 18.0 Å². The molecule has 2 N–H and O–H groups in total. The van der Waals surface area contributed by atoms with Gasteiger partial charge in [-0.2, -0.15) is 0 Å². The molecule has 0 radical (unpaired) electrons. The molecule has 0 saturated heterocycles. The normalized spacial score (nSPS) is 13.7. The summed E-state index contributed by atoms with van der Waals surface area (Å²) in [6.45, 7) is 0.0839. The van der Waals surface area contributed by atoms with E-state index in [-0.39, 0.29) is 34.7 Å². The summed E-state index contributed by atoms with van der Waals surface area (Å²) >= 11 is 0. The first-order valence-electron chi connectivity index (χ1n) is 8.52. The zero-order valence-corrected chi connectivity index (χ0v) is 16.9. The minimum Gasteiger partial charge on any atom is -0.497 e. The molecule has 29 heavy (non-hydrogen) atoms. The van der Waals surface area contributed by atoms with Crippen LogP contribution in [0.5, 0.6) is 17.2 Å². The smallest absolute Gasteiger partial charge is 0.261 e. The number of rotatable bonds is 5. The first-order chi connectivity index (χ1) is 13.7. The molecule has 2 aromatic carbocycles. The quantitative estimate of drug-likeness (QED) is 0.721. The highest BCUT2D eigenvalue weighted by Gasteiger charge is 2.32. The molecule has 1 aliphatic rings. The van der Waals surface area contributed by atoms with Crippen molar-refractivity contribution in [3.05, 3.63) is 47.0 Å². The maximum atomic E-state index is 13.0. The van der Waals surface area contributed by atoms with Crippen LogP contribution in [0.2, 0.25) is 0 Å². The van der Waals surface area contributed by atoms with Crippen molar-refractivity contribution >= 4 is 21.8 Å². The molecule has 3 rings (SSSR count). The molecule has 0 fully saturated rings. The van der Waals surface area contributed by atoms with Crippen molar-refractivity contribution in [3.63, 3.8) is 0 Å². The monoisotopic (exact) mass is 420 g/mol.